The smallest absolute Gasteiger partial charge is 0.303 e. The summed E-state index contributed by atoms with van der Waals surface area (Å²) in [5, 5.41) is 14.2. The van der Waals surface area contributed by atoms with Gasteiger partial charge >= 0.3 is 5.97 Å². The number of rotatable bonds is 9. The van der Waals surface area contributed by atoms with Crippen molar-refractivity contribution in [3.05, 3.63) is 76.3 Å². The van der Waals surface area contributed by atoms with Crippen molar-refractivity contribution in [1.82, 2.24) is 24.6 Å². The van der Waals surface area contributed by atoms with Crippen molar-refractivity contribution in [2.75, 3.05) is 0 Å². The average molecular weight is 496 g/mol. The van der Waals surface area contributed by atoms with Gasteiger partial charge in [0.2, 0.25) is 0 Å². The number of carboxylic acid groups (broad SMARTS) is 1. The topological polar surface area (TPSA) is 102 Å². The maximum atomic E-state index is 11.4. The minimum Gasteiger partial charge on any atom is -0.481 e. The van der Waals surface area contributed by atoms with E-state index < -0.39 is 5.97 Å². The molecular formula is C23H22BrN5O3. The van der Waals surface area contributed by atoms with Crippen LogP contribution in [0.15, 0.2) is 53.7 Å². The Morgan fingerprint density at radius 3 is 2.75 bits per heavy atom. The fourth-order valence-corrected chi connectivity index (χ4v) is 4.04. The summed E-state index contributed by atoms with van der Waals surface area (Å²) >= 11 is 3.50. The second-order valence-corrected chi connectivity index (χ2v) is 8.17. The molecule has 0 aliphatic heterocycles. The molecule has 4 heterocycles. The van der Waals surface area contributed by atoms with Crippen LogP contribution in [-0.2, 0) is 35.6 Å². The molecule has 8 nitrogen and oxygen atoms in total. The Hall–Kier alpha value is -3.17. The summed E-state index contributed by atoms with van der Waals surface area (Å²) in [7, 11) is 0. The van der Waals surface area contributed by atoms with Gasteiger partial charge in [0.25, 0.3) is 0 Å². The Morgan fingerprint density at radius 1 is 1.16 bits per heavy atom. The predicted octanol–water partition coefficient (Wildman–Crippen LogP) is 4.25. The Balaban J connectivity index is 1.82. The zero-order chi connectivity index (χ0) is 22.5. The van der Waals surface area contributed by atoms with Crippen LogP contribution in [0.1, 0.15) is 36.0 Å². The Labute approximate surface area is 193 Å². The van der Waals surface area contributed by atoms with Gasteiger partial charge in [-0.25, -0.2) is 4.52 Å². The maximum absolute atomic E-state index is 11.4. The molecule has 0 unspecified atom stereocenters. The van der Waals surface area contributed by atoms with E-state index in [0.29, 0.717) is 17.8 Å². The minimum absolute atomic E-state index is 0.00914. The Kier molecular flexibility index (Phi) is 6.87. The molecule has 164 valence electrons. The van der Waals surface area contributed by atoms with Crippen molar-refractivity contribution in [3.8, 4) is 11.1 Å². The van der Waals surface area contributed by atoms with Crippen molar-refractivity contribution in [2.24, 2.45) is 0 Å². The third-order valence-electron chi connectivity index (χ3n) is 5.11. The molecule has 0 spiro atoms. The Bertz CT molecular complexity index is 1240. The van der Waals surface area contributed by atoms with E-state index >= 15 is 0 Å². The number of pyridine rings is 1. The van der Waals surface area contributed by atoms with E-state index in [1.54, 1.807) is 31.0 Å². The van der Waals surface area contributed by atoms with Gasteiger partial charge in [-0.2, -0.15) is 5.10 Å². The molecule has 4 aromatic rings. The first-order chi connectivity index (χ1) is 15.6. The average Bonchev–Trinajstić information content (AvgIpc) is 3.20. The van der Waals surface area contributed by atoms with Gasteiger partial charge in [0.15, 0.2) is 0 Å². The molecule has 0 aliphatic rings. The van der Waals surface area contributed by atoms with Crippen LogP contribution in [0.4, 0.5) is 0 Å². The van der Waals surface area contributed by atoms with Gasteiger partial charge in [0, 0.05) is 52.5 Å². The van der Waals surface area contributed by atoms with Gasteiger partial charge in [-0.15, -0.1) is 0 Å². The number of carbonyl (C=O) groups is 1. The van der Waals surface area contributed by atoms with Crippen molar-refractivity contribution in [2.45, 2.75) is 39.4 Å². The number of aryl methyl sites for hydroxylation is 1. The summed E-state index contributed by atoms with van der Waals surface area (Å²) in [6, 6.07) is 6.05. The van der Waals surface area contributed by atoms with E-state index in [-0.39, 0.29) is 19.6 Å². The number of halogens is 1. The monoisotopic (exact) mass is 495 g/mol. The van der Waals surface area contributed by atoms with Crippen molar-refractivity contribution in [3.63, 3.8) is 0 Å². The molecule has 32 heavy (non-hydrogen) atoms. The van der Waals surface area contributed by atoms with Crippen LogP contribution in [0, 0.1) is 0 Å². The molecule has 1 N–H and O–H groups in total. The van der Waals surface area contributed by atoms with E-state index in [1.165, 1.54) is 0 Å². The standard InChI is InChI=1S/C23H22BrN5O3/c1-2-18-3-5-21-23(15-9-16(24)11-26-10-15)19(4-6-22(30)31)20(28-29(18)21)14-32-13-17-12-25-7-8-27-17/h3,5,7-12H,2,4,6,13-14H2,1H3,(H,30,31). The molecule has 0 radical (unpaired) electrons. The third kappa shape index (κ3) is 4.84. The van der Waals surface area contributed by atoms with Crippen LogP contribution in [0.3, 0.4) is 0 Å². The first kappa shape index (κ1) is 22.0. The zero-order valence-corrected chi connectivity index (χ0v) is 19.1. The summed E-state index contributed by atoms with van der Waals surface area (Å²) in [4.78, 5) is 24.0. The van der Waals surface area contributed by atoms with Gasteiger partial charge in [-0.05, 0) is 52.5 Å². The lowest BCUT2D eigenvalue weighted by molar-refractivity contribution is -0.136. The van der Waals surface area contributed by atoms with Crippen molar-refractivity contribution in [1.29, 1.82) is 0 Å². The third-order valence-corrected chi connectivity index (χ3v) is 5.54. The number of nitrogens with zero attached hydrogens (tertiary/aromatic N) is 5. The summed E-state index contributed by atoms with van der Waals surface area (Å²) in [6.07, 6.45) is 9.52. The number of carboxylic acids is 1. The molecule has 0 aliphatic carbocycles. The molecule has 0 saturated carbocycles. The molecule has 0 atom stereocenters. The lowest BCUT2D eigenvalue weighted by Gasteiger charge is -2.17. The van der Waals surface area contributed by atoms with E-state index in [4.69, 9.17) is 9.84 Å². The van der Waals surface area contributed by atoms with Gasteiger partial charge < -0.3 is 9.84 Å². The summed E-state index contributed by atoms with van der Waals surface area (Å²) in [5.41, 5.74) is 6.05. The number of hydrogen-bond acceptors (Lipinski definition) is 6. The highest BCUT2D eigenvalue weighted by molar-refractivity contribution is 9.10. The first-order valence-corrected chi connectivity index (χ1v) is 11.0. The molecule has 4 aromatic heterocycles. The van der Waals surface area contributed by atoms with E-state index in [0.717, 1.165) is 38.8 Å². The number of hydrogen-bond donors (Lipinski definition) is 1. The maximum Gasteiger partial charge on any atom is 0.303 e. The summed E-state index contributed by atoms with van der Waals surface area (Å²) in [5.74, 6) is -0.862. The van der Waals surface area contributed by atoms with E-state index in [1.807, 2.05) is 22.7 Å². The highest BCUT2D eigenvalue weighted by Crippen LogP contribution is 2.33. The fourth-order valence-electron chi connectivity index (χ4n) is 3.67. The highest BCUT2D eigenvalue weighted by Gasteiger charge is 2.20. The molecule has 9 heteroatoms. The normalized spacial score (nSPS) is 11.2. The SMILES string of the molecule is CCc1ccc2c(-c3cncc(Br)c3)c(CCC(=O)O)c(COCc3cnccn3)nn12. The van der Waals surface area contributed by atoms with Crippen LogP contribution in [0.5, 0.6) is 0 Å². The minimum atomic E-state index is -0.862. The predicted molar refractivity (Wildman–Crippen MR) is 122 cm³/mol. The second kappa shape index (κ2) is 9.97. The fraction of sp³-hybridized carbons (Fsp3) is 0.261. The van der Waals surface area contributed by atoms with E-state index in [9.17, 15) is 9.90 Å². The van der Waals surface area contributed by atoms with Crippen molar-refractivity contribution < 1.29 is 14.6 Å². The van der Waals surface area contributed by atoms with Crippen molar-refractivity contribution >= 4 is 27.4 Å². The van der Waals surface area contributed by atoms with Crippen LogP contribution >= 0.6 is 15.9 Å². The number of fused-ring (bicyclic) bond motifs is 1. The largest absolute Gasteiger partial charge is 0.481 e. The van der Waals surface area contributed by atoms with Crippen LogP contribution in [-0.4, -0.2) is 35.6 Å². The number of ether oxygens (including phenoxy) is 1. The lowest BCUT2D eigenvalue weighted by Crippen LogP contribution is -2.12. The van der Waals surface area contributed by atoms with Crippen LogP contribution < -0.4 is 0 Å². The second-order valence-electron chi connectivity index (χ2n) is 7.25. The molecule has 0 fully saturated rings. The first-order valence-electron chi connectivity index (χ1n) is 10.2. The summed E-state index contributed by atoms with van der Waals surface area (Å²) in [6.45, 7) is 2.58. The zero-order valence-electron chi connectivity index (χ0n) is 17.5. The van der Waals surface area contributed by atoms with E-state index in [2.05, 4.69) is 37.8 Å². The number of aliphatic carboxylic acids is 1. The van der Waals surface area contributed by atoms with Gasteiger partial charge in [0.1, 0.15) is 0 Å². The Morgan fingerprint density at radius 2 is 2.03 bits per heavy atom. The number of aromatic nitrogens is 5. The molecule has 0 aromatic carbocycles. The lowest BCUT2D eigenvalue weighted by atomic mass is 9.96. The van der Waals surface area contributed by atoms with Gasteiger partial charge in [-0.1, -0.05) is 6.92 Å². The molecular weight excluding hydrogens is 474 g/mol. The quantitative estimate of drug-likeness (QED) is 0.370. The summed E-state index contributed by atoms with van der Waals surface area (Å²) < 4.78 is 8.68. The highest BCUT2D eigenvalue weighted by atomic mass is 79.9. The molecule has 4 rings (SSSR count). The molecule has 0 amide bonds. The molecule has 0 saturated heterocycles. The van der Waals surface area contributed by atoms with Gasteiger partial charge in [-0.3, -0.25) is 19.7 Å². The van der Waals surface area contributed by atoms with Crippen LogP contribution in [0.25, 0.3) is 16.6 Å². The van der Waals surface area contributed by atoms with Gasteiger partial charge in [0.05, 0.1) is 36.3 Å². The molecule has 0 bridgehead atoms. The van der Waals surface area contributed by atoms with Crippen LogP contribution in [0.2, 0.25) is 0 Å².